The summed E-state index contributed by atoms with van der Waals surface area (Å²) in [5, 5.41) is 11.4. The topological polar surface area (TPSA) is 33.1 Å². The summed E-state index contributed by atoms with van der Waals surface area (Å²) >= 11 is 1.26. The third-order valence-electron chi connectivity index (χ3n) is 2.81. The molecule has 0 aliphatic heterocycles. The van der Waals surface area contributed by atoms with Gasteiger partial charge in [-0.25, -0.2) is 13.8 Å². The van der Waals surface area contributed by atoms with E-state index in [1.54, 1.807) is 5.38 Å². The van der Waals surface area contributed by atoms with Gasteiger partial charge in [-0.1, -0.05) is 6.92 Å². The van der Waals surface area contributed by atoms with Gasteiger partial charge in [0.25, 0.3) is 0 Å². The van der Waals surface area contributed by atoms with Crippen LogP contribution in [-0.4, -0.2) is 16.7 Å². The largest absolute Gasteiger partial charge is 0.396 e. The zero-order valence-electron chi connectivity index (χ0n) is 9.86. The van der Waals surface area contributed by atoms with Crippen molar-refractivity contribution in [1.29, 1.82) is 0 Å². The first-order valence-electron chi connectivity index (χ1n) is 5.67. The fraction of sp³-hybridized carbons (Fsp3) is 0.308. The van der Waals surface area contributed by atoms with E-state index in [4.69, 9.17) is 0 Å². The molecule has 1 N–H and O–H groups in total. The van der Waals surface area contributed by atoms with Gasteiger partial charge in [0, 0.05) is 16.9 Å². The molecule has 18 heavy (non-hydrogen) atoms. The summed E-state index contributed by atoms with van der Waals surface area (Å²) in [4.78, 5) is 4.28. The Bertz CT molecular complexity index is 538. The predicted molar refractivity (Wildman–Crippen MR) is 67.6 cm³/mol. The molecule has 1 unspecified atom stereocenters. The van der Waals surface area contributed by atoms with E-state index in [0.717, 1.165) is 30.3 Å². The van der Waals surface area contributed by atoms with Crippen molar-refractivity contribution in [2.24, 2.45) is 0 Å². The molecule has 5 heteroatoms. The van der Waals surface area contributed by atoms with Crippen molar-refractivity contribution in [2.45, 2.75) is 19.3 Å². The van der Waals surface area contributed by atoms with Crippen LogP contribution < -0.4 is 0 Å². The lowest BCUT2D eigenvalue weighted by Crippen LogP contribution is -2.02. The van der Waals surface area contributed by atoms with Crippen LogP contribution >= 0.6 is 11.3 Å². The third kappa shape index (κ3) is 2.57. The van der Waals surface area contributed by atoms with Gasteiger partial charge in [-0.05, 0) is 24.6 Å². The number of nitrogens with zero attached hydrogens (tertiary/aromatic N) is 1. The quantitative estimate of drug-likeness (QED) is 0.920. The third-order valence-corrected chi connectivity index (χ3v) is 3.71. The molecule has 0 saturated carbocycles. The Kier molecular flexibility index (Phi) is 4.04. The Hall–Kier alpha value is -1.33. The van der Waals surface area contributed by atoms with Crippen LogP contribution in [0.2, 0.25) is 0 Å². The highest BCUT2D eigenvalue weighted by Gasteiger charge is 2.15. The molecule has 0 spiro atoms. The molecule has 1 aromatic heterocycles. The second kappa shape index (κ2) is 5.54. The second-order valence-corrected chi connectivity index (χ2v) is 4.85. The molecular formula is C13H13F2NOS. The normalized spacial score (nSPS) is 12.7. The van der Waals surface area contributed by atoms with Crippen molar-refractivity contribution in [3.8, 4) is 10.6 Å². The van der Waals surface area contributed by atoms with Gasteiger partial charge in [0.2, 0.25) is 0 Å². The molecular weight excluding hydrogens is 256 g/mol. The molecule has 2 aromatic rings. The number of hydrogen-bond donors (Lipinski definition) is 1. The summed E-state index contributed by atoms with van der Waals surface area (Å²) in [7, 11) is 0. The van der Waals surface area contributed by atoms with E-state index < -0.39 is 11.6 Å². The molecule has 2 nitrogen and oxygen atoms in total. The number of benzene rings is 1. The Morgan fingerprint density at radius 1 is 1.39 bits per heavy atom. The van der Waals surface area contributed by atoms with Gasteiger partial charge in [-0.2, -0.15) is 0 Å². The van der Waals surface area contributed by atoms with Gasteiger partial charge >= 0.3 is 0 Å². The Morgan fingerprint density at radius 3 is 2.83 bits per heavy atom. The van der Waals surface area contributed by atoms with E-state index >= 15 is 0 Å². The van der Waals surface area contributed by atoms with E-state index in [0.29, 0.717) is 5.01 Å². The summed E-state index contributed by atoms with van der Waals surface area (Å²) in [6.45, 7) is 1.95. The first-order valence-corrected chi connectivity index (χ1v) is 6.55. The Morgan fingerprint density at radius 2 is 2.17 bits per heavy atom. The van der Waals surface area contributed by atoms with E-state index in [1.807, 2.05) is 6.92 Å². The van der Waals surface area contributed by atoms with Gasteiger partial charge in [0.05, 0.1) is 12.3 Å². The van der Waals surface area contributed by atoms with Gasteiger partial charge in [0.1, 0.15) is 16.6 Å². The minimum atomic E-state index is -0.491. The summed E-state index contributed by atoms with van der Waals surface area (Å²) in [6, 6.07) is 3.31. The van der Waals surface area contributed by atoms with Crippen LogP contribution in [0.15, 0.2) is 23.6 Å². The van der Waals surface area contributed by atoms with Gasteiger partial charge in [-0.15, -0.1) is 11.3 Å². The average molecular weight is 269 g/mol. The first kappa shape index (κ1) is 13.1. The lowest BCUT2D eigenvalue weighted by Gasteiger charge is -2.07. The fourth-order valence-corrected chi connectivity index (χ4v) is 2.61. The molecule has 1 atom stereocenters. The summed E-state index contributed by atoms with van der Waals surface area (Å²) in [6.07, 6.45) is 0.755. The number of aromatic nitrogens is 1. The van der Waals surface area contributed by atoms with Crippen LogP contribution in [0.4, 0.5) is 8.78 Å². The van der Waals surface area contributed by atoms with Gasteiger partial charge in [0.15, 0.2) is 0 Å². The van der Waals surface area contributed by atoms with Crippen LogP contribution in [0.25, 0.3) is 10.6 Å². The summed E-state index contributed by atoms with van der Waals surface area (Å²) in [5.41, 5.74) is 0.891. The zero-order chi connectivity index (χ0) is 13.1. The molecule has 96 valence electrons. The van der Waals surface area contributed by atoms with Crippen molar-refractivity contribution < 1.29 is 13.9 Å². The molecule has 0 aliphatic rings. The first-order chi connectivity index (χ1) is 8.65. The van der Waals surface area contributed by atoms with Crippen molar-refractivity contribution in [3.05, 3.63) is 40.9 Å². The van der Waals surface area contributed by atoms with Crippen LogP contribution in [0, 0.1) is 11.6 Å². The molecule has 2 rings (SSSR count). The average Bonchev–Trinajstić information content (AvgIpc) is 2.83. The standard InChI is InChI=1S/C13H13F2NOS/c1-2-8(6-17)12-7-18-13(16-12)10-5-9(14)3-4-11(10)15/h3-5,7-8,17H,2,6H2,1H3. The van der Waals surface area contributed by atoms with Crippen molar-refractivity contribution in [1.82, 2.24) is 4.98 Å². The van der Waals surface area contributed by atoms with E-state index in [1.165, 1.54) is 11.3 Å². The molecule has 0 aliphatic carbocycles. The summed E-state index contributed by atoms with van der Waals surface area (Å²) in [5.74, 6) is -1.03. The molecule has 0 fully saturated rings. The van der Waals surface area contributed by atoms with E-state index in [9.17, 15) is 13.9 Å². The molecule has 0 bridgehead atoms. The highest BCUT2D eigenvalue weighted by atomic mass is 32.1. The molecule has 1 aromatic carbocycles. The second-order valence-electron chi connectivity index (χ2n) is 3.99. The number of hydrogen-bond acceptors (Lipinski definition) is 3. The monoisotopic (exact) mass is 269 g/mol. The minimum absolute atomic E-state index is 0.00526. The highest BCUT2D eigenvalue weighted by Crippen LogP contribution is 2.30. The van der Waals surface area contributed by atoms with Crippen molar-refractivity contribution >= 4 is 11.3 Å². The van der Waals surface area contributed by atoms with Crippen LogP contribution in [0.3, 0.4) is 0 Å². The predicted octanol–water partition coefficient (Wildman–Crippen LogP) is 3.57. The number of aliphatic hydroxyl groups is 1. The fourth-order valence-electron chi connectivity index (χ4n) is 1.69. The Labute approximate surface area is 108 Å². The molecule has 0 amide bonds. The maximum absolute atomic E-state index is 13.6. The maximum Gasteiger partial charge on any atom is 0.133 e. The number of rotatable bonds is 4. The SMILES string of the molecule is CCC(CO)c1csc(-c2cc(F)ccc2F)n1. The Balaban J connectivity index is 2.37. The van der Waals surface area contributed by atoms with Crippen LogP contribution in [0.5, 0.6) is 0 Å². The molecule has 0 radical (unpaired) electrons. The zero-order valence-corrected chi connectivity index (χ0v) is 10.7. The van der Waals surface area contributed by atoms with Crippen molar-refractivity contribution in [3.63, 3.8) is 0 Å². The number of aliphatic hydroxyl groups excluding tert-OH is 1. The van der Waals surface area contributed by atoms with Gasteiger partial charge < -0.3 is 5.11 Å². The number of thiazole rings is 1. The maximum atomic E-state index is 13.6. The lowest BCUT2D eigenvalue weighted by atomic mass is 10.1. The van der Waals surface area contributed by atoms with E-state index in [-0.39, 0.29) is 18.1 Å². The molecule has 0 saturated heterocycles. The highest BCUT2D eigenvalue weighted by molar-refractivity contribution is 7.13. The van der Waals surface area contributed by atoms with Crippen LogP contribution in [0.1, 0.15) is 25.0 Å². The van der Waals surface area contributed by atoms with E-state index in [2.05, 4.69) is 4.98 Å². The smallest absolute Gasteiger partial charge is 0.133 e. The van der Waals surface area contributed by atoms with Crippen molar-refractivity contribution in [2.75, 3.05) is 6.61 Å². The van der Waals surface area contributed by atoms with Crippen LogP contribution in [-0.2, 0) is 0 Å². The number of halogens is 2. The summed E-state index contributed by atoms with van der Waals surface area (Å²) < 4.78 is 26.7. The lowest BCUT2D eigenvalue weighted by molar-refractivity contribution is 0.260. The minimum Gasteiger partial charge on any atom is -0.396 e. The van der Waals surface area contributed by atoms with Gasteiger partial charge in [-0.3, -0.25) is 0 Å². The molecule has 1 heterocycles.